The first kappa shape index (κ1) is 11.6. The van der Waals surface area contributed by atoms with Crippen molar-refractivity contribution in [3.05, 3.63) is 24.5 Å². The Balaban J connectivity index is 1.99. The van der Waals surface area contributed by atoms with Crippen LogP contribution in [0.2, 0.25) is 0 Å². The molecule has 6 heteroatoms. The highest BCUT2D eigenvalue weighted by atomic mass is 16.5. The van der Waals surface area contributed by atoms with Crippen LogP contribution in [0, 0.1) is 0 Å². The Kier molecular flexibility index (Phi) is 3.41. The molecule has 2 aromatic heterocycles. The second-order valence-electron chi connectivity index (χ2n) is 4.03. The molecule has 0 spiro atoms. The van der Waals surface area contributed by atoms with Crippen molar-refractivity contribution >= 4 is 0 Å². The minimum absolute atomic E-state index is 0.287. The van der Waals surface area contributed by atoms with Crippen molar-refractivity contribution in [2.24, 2.45) is 0 Å². The average Bonchev–Trinajstić information content (AvgIpc) is 2.95. The lowest BCUT2D eigenvalue weighted by atomic mass is 10.4. The van der Waals surface area contributed by atoms with Gasteiger partial charge in [0, 0.05) is 12.6 Å². The van der Waals surface area contributed by atoms with E-state index in [1.165, 1.54) is 0 Å². The zero-order valence-corrected chi connectivity index (χ0v) is 10.4. The van der Waals surface area contributed by atoms with Crippen LogP contribution in [-0.2, 0) is 13.2 Å². The van der Waals surface area contributed by atoms with Gasteiger partial charge in [0.15, 0.2) is 11.6 Å². The molecule has 0 aliphatic heterocycles. The standard InChI is InChI=1S/C11H17N5O/c1-4-15-6-10(5-13-15)17-7-11-12-8-14-16(11)9(2)3/h5-6,8-9H,4,7H2,1-3H3. The Labute approximate surface area is 100 Å². The fraction of sp³-hybridized carbons (Fsp3) is 0.545. The number of nitrogens with zero attached hydrogens (tertiary/aromatic N) is 5. The lowest BCUT2D eigenvalue weighted by Gasteiger charge is -2.09. The quantitative estimate of drug-likeness (QED) is 0.790. The normalized spacial score (nSPS) is 11.1. The summed E-state index contributed by atoms with van der Waals surface area (Å²) in [6, 6.07) is 0.287. The largest absolute Gasteiger partial charge is 0.482 e. The van der Waals surface area contributed by atoms with Gasteiger partial charge in [-0.3, -0.25) is 4.68 Å². The average molecular weight is 235 g/mol. The Morgan fingerprint density at radius 3 is 2.82 bits per heavy atom. The maximum absolute atomic E-state index is 5.62. The Bertz CT molecular complexity index is 474. The van der Waals surface area contributed by atoms with Gasteiger partial charge in [-0.15, -0.1) is 0 Å². The molecule has 0 bridgehead atoms. The lowest BCUT2D eigenvalue weighted by molar-refractivity contribution is 0.282. The smallest absolute Gasteiger partial charge is 0.165 e. The summed E-state index contributed by atoms with van der Waals surface area (Å²) in [6.45, 7) is 7.41. The summed E-state index contributed by atoms with van der Waals surface area (Å²) in [5.74, 6) is 1.58. The van der Waals surface area contributed by atoms with Gasteiger partial charge in [0.05, 0.1) is 12.4 Å². The van der Waals surface area contributed by atoms with E-state index < -0.39 is 0 Å². The molecule has 0 aromatic carbocycles. The first-order valence-electron chi connectivity index (χ1n) is 5.74. The molecule has 17 heavy (non-hydrogen) atoms. The summed E-state index contributed by atoms with van der Waals surface area (Å²) < 4.78 is 9.29. The molecule has 2 rings (SSSR count). The van der Waals surface area contributed by atoms with Crippen LogP contribution in [0.4, 0.5) is 0 Å². The summed E-state index contributed by atoms with van der Waals surface area (Å²) in [6.07, 6.45) is 5.13. The van der Waals surface area contributed by atoms with Crippen LogP contribution in [0.3, 0.4) is 0 Å². The topological polar surface area (TPSA) is 57.8 Å². The van der Waals surface area contributed by atoms with E-state index >= 15 is 0 Å². The summed E-state index contributed by atoms with van der Waals surface area (Å²) >= 11 is 0. The molecular formula is C11H17N5O. The predicted octanol–water partition coefficient (Wildman–Crippen LogP) is 1.65. The van der Waals surface area contributed by atoms with Gasteiger partial charge in [0.2, 0.25) is 0 Å². The van der Waals surface area contributed by atoms with Crippen molar-refractivity contribution in [2.45, 2.75) is 40.0 Å². The molecule has 0 aliphatic carbocycles. The zero-order chi connectivity index (χ0) is 12.3. The third-order valence-electron chi connectivity index (χ3n) is 2.44. The second kappa shape index (κ2) is 4.99. The third-order valence-corrected chi connectivity index (χ3v) is 2.44. The van der Waals surface area contributed by atoms with Crippen molar-refractivity contribution in [1.29, 1.82) is 0 Å². The van der Waals surface area contributed by atoms with Crippen LogP contribution < -0.4 is 4.74 Å². The van der Waals surface area contributed by atoms with Gasteiger partial charge in [-0.25, -0.2) is 9.67 Å². The molecule has 2 aromatic rings. The van der Waals surface area contributed by atoms with E-state index in [4.69, 9.17) is 4.74 Å². The number of hydrogen-bond donors (Lipinski definition) is 0. The summed E-state index contributed by atoms with van der Waals surface area (Å²) in [5.41, 5.74) is 0. The summed E-state index contributed by atoms with van der Waals surface area (Å²) in [4.78, 5) is 4.18. The van der Waals surface area contributed by atoms with Crippen LogP contribution in [0.15, 0.2) is 18.7 Å². The number of aromatic nitrogens is 5. The molecule has 0 amide bonds. The molecule has 6 nitrogen and oxygen atoms in total. The Hall–Kier alpha value is -1.85. The Morgan fingerprint density at radius 2 is 2.18 bits per heavy atom. The van der Waals surface area contributed by atoms with Gasteiger partial charge in [-0.1, -0.05) is 0 Å². The van der Waals surface area contributed by atoms with Crippen LogP contribution in [0.25, 0.3) is 0 Å². The molecule has 0 fully saturated rings. The van der Waals surface area contributed by atoms with Gasteiger partial charge in [0.25, 0.3) is 0 Å². The molecule has 92 valence electrons. The van der Waals surface area contributed by atoms with Crippen LogP contribution in [0.5, 0.6) is 5.75 Å². The molecule has 0 saturated carbocycles. The summed E-state index contributed by atoms with van der Waals surface area (Å²) in [5, 5.41) is 8.30. The van der Waals surface area contributed by atoms with Gasteiger partial charge < -0.3 is 4.74 Å². The van der Waals surface area contributed by atoms with E-state index in [1.54, 1.807) is 12.5 Å². The fourth-order valence-corrected chi connectivity index (χ4v) is 1.55. The van der Waals surface area contributed by atoms with Crippen LogP contribution in [0.1, 0.15) is 32.6 Å². The monoisotopic (exact) mass is 235 g/mol. The molecule has 2 heterocycles. The number of rotatable bonds is 5. The SMILES string of the molecule is CCn1cc(OCc2ncnn2C(C)C)cn1. The number of aryl methyl sites for hydroxylation is 1. The lowest BCUT2D eigenvalue weighted by Crippen LogP contribution is -2.10. The molecule has 0 saturated heterocycles. The molecule has 0 N–H and O–H groups in total. The first-order valence-corrected chi connectivity index (χ1v) is 5.74. The highest BCUT2D eigenvalue weighted by Gasteiger charge is 2.08. The van der Waals surface area contributed by atoms with Crippen LogP contribution >= 0.6 is 0 Å². The van der Waals surface area contributed by atoms with E-state index in [9.17, 15) is 0 Å². The highest BCUT2D eigenvalue weighted by molar-refractivity contribution is 5.11. The van der Waals surface area contributed by atoms with Crippen molar-refractivity contribution < 1.29 is 4.74 Å². The predicted molar refractivity (Wildman–Crippen MR) is 62.6 cm³/mol. The second-order valence-corrected chi connectivity index (χ2v) is 4.03. The minimum Gasteiger partial charge on any atom is -0.482 e. The molecule has 0 aliphatic rings. The highest BCUT2D eigenvalue weighted by Crippen LogP contribution is 2.12. The van der Waals surface area contributed by atoms with Gasteiger partial charge in [-0.2, -0.15) is 10.2 Å². The number of ether oxygens (including phenoxy) is 1. The molecule has 0 unspecified atom stereocenters. The van der Waals surface area contributed by atoms with Gasteiger partial charge in [0.1, 0.15) is 12.9 Å². The Morgan fingerprint density at radius 1 is 1.35 bits per heavy atom. The van der Waals surface area contributed by atoms with Crippen molar-refractivity contribution in [1.82, 2.24) is 24.5 Å². The first-order chi connectivity index (χ1) is 8.20. The fourth-order valence-electron chi connectivity index (χ4n) is 1.55. The molecule has 0 radical (unpaired) electrons. The maximum atomic E-state index is 5.62. The van der Waals surface area contributed by atoms with Crippen LogP contribution in [-0.4, -0.2) is 24.5 Å². The maximum Gasteiger partial charge on any atom is 0.165 e. The van der Waals surface area contributed by atoms with E-state index in [1.807, 2.05) is 22.5 Å². The summed E-state index contributed by atoms with van der Waals surface area (Å²) in [7, 11) is 0. The van der Waals surface area contributed by atoms with Crippen molar-refractivity contribution in [2.75, 3.05) is 0 Å². The van der Waals surface area contributed by atoms with Crippen molar-refractivity contribution in [3.8, 4) is 5.75 Å². The van der Waals surface area contributed by atoms with E-state index in [0.717, 1.165) is 18.1 Å². The molecular weight excluding hydrogens is 218 g/mol. The van der Waals surface area contributed by atoms with E-state index in [-0.39, 0.29) is 6.04 Å². The third kappa shape index (κ3) is 2.64. The van der Waals surface area contributed by atoms with Gasteiger partial charge in [-0.05, 0) is 20.8 Å². The van der Waals surface area contributed by atoms with E-state index in [2.05, 4.69) is 29.0 Å². The molecule has 0 atom stereocenters. The number of hydrogen-bond acceptors (Lipinski definition) is 4. The minimum atomic E-state index is 0.287. The van der Waals surface area contributed by atoms with Gasteiger partial charge >= 0.3 is 0 Å². The van der Waals surface area contributed by atoms with Crippen molar-refractivity contribution in [3.63, 3.8) is 0 Å². The zero-order valence-electron chi connectivity index (χ0n) is 10.4. The van der Waals surface area contributed by atoms with E-state index in [0.29, 0.717) is 6.61 Å².